The average Bonchev–Trinajstić information content (AvgIpc) is 2.22. The van der Waals surface area contributed by atoms with Crippen LogP contribution in [0.1, 0.15) is 19.8 Å². The molecule has 16 heavy (non-hydrogen) atoms. The first-order valence-corrected chi connectivity index (χ1v) is 5.83. The smallest absolute Gasteiger partial charge is 0.224 e. The van der Waals surface area contributed by atoms with E-state index in [4.69, 9.17) is 5.73 Å². The summed E-state index contributed by atoms with van der Waals surface area (Å²) in [6, 6.07) is 5.09. The predicted molar refractivity (Wildman–Crippen MR) is 67.3 cm³/mol. The van der Waals surface area contributed by atoms with Crippen LogP contribution in [0, 0.1) is 0 Å². The molecular weight excluding hydrogens is 272 g/mol. The molecule has 1 rings (SSSR count). The van der Waals surface area contributed by atoms with Crippen LogP contribution in [0.2, 0.25) is 0 Å². The Bertz CT molecular complexity index is 380. The number of phenols is 1. The number of carbonyl (C=O) groups excluding carboxylic acids is 1. The number of halogens is 1. The van der Waals surface area contributed by atoms with Gasteiger partial charge in [0.1, 0.15) is 0 Å². The average molecular weight is 287 g/mol. The van der Waals surface area contributed by atoms with Crippen molar-refractivity contribution in [1.82, 2.24) is 0 Å². The van der Waals surface area contributed by atoms with Crippen LogP contribution in [0.3, 0.4) is 0 Å². The first kappa shape index (κ1) is 13.0. The molecule has 0 aliphatic rings. The number of hydrogen-bond donors (Lipinski definition) is 3. The van der Waals surface area contributed by atoms with Crippen molar-refractivity contribution in [1.29, 1.82) is 0 Å². The largest absolute Gasteiger partial charge is 0.505 e. The minimum atomic E-state index is -0.147. The highest BCUT2D eigenvalue weighted by atomic mass is 79.9. The summed E-state index contributed by atoms with van der Waals surface area (Å²) in [5.41, 5.74) is 5.96. The molecule has 4 nitrogen and oxygen atoms in total. The second kappa shape index (κ2) is 5.86. The maximum atomic E-state index is 11.5. The molecule has 1 aromatic carbocycles. The molecule has 4 N–H and O–H groups in total. The first-order chi connectivity index (χ1) is 7.50. The lowest BCUT2D eigenvalue weighted by Crippen LogP contribution is -2.19. The van der Waals surface area contributed by atoms with E-state index in [0.29, 0.717) is 23.0 Å². The first-order valence-electron chi connectivity index (χ1n) is 5.03. The van der Waals surface area contributed by atoms with Crippen LogP contribution < -0.4 is 11.1 Å². The molecule has 0 bridgehead atoms. The SMILES string of the molecule is CC(N)CCC(=O)Nc1cccc(Br)c1O. The molecule has 1 aromatic rings. The van der Waals surface area contributed by atoms with E-state index in [2.05, 4.69) is 21.2 Å². The van der Waals surface area contributed by atoms with Crippen molar-refractivity contribution in [2.24, 2.45) is 5.73 Å². The van der Waals surface area contributed by atoms with Gasteiger partial charge in [0, 0.05) is 12.5 Å². The summed E-state index contributed by atoms with van der Waals surface area (Å²) in [6.45, 7) is 1.85. The quantitative estimate of drug-likeness (QED) is 0.743. The summed E-state index contributed by atoms with van der Waals surface area (Å²) in [5, 5.41) is 12.3. The van der Waals surface area contributed by atoms with Gasteiger partial charge in [0.2, 0.25) is 5.91 Å². The van der Waals surface area contributed by atoms with Gasteiger partial charge in [-0.2, -0.15) is 0 Å². The van der Waals surface area contributed by atoms with E-state index in [1.165, 1.54) is 0 Å². The van der Waals surface area contributed by atoms with Gasteiger partial charge >= 0.3 is 0 Å². The summed E-state index contributed by atoms with van der Waals surface area (Å²) < 4.78 is 0.553. The minimum absolute atomic E-state index is 0.00172. The Morgan fingerprint density at radius 3 is 2.94 bits per heavy atom. The number of hydrogen-bond acceptors (Lipinski definition) is 3. The second-order valence-electron chi connectivity index (χ2n) is 3.70. The Balaban J connectivity index is 2.59. The van der Waals surface area contributed by atoms with Gasteiger partial charge in [-0.05, 0) is 41.4 Å². The number of phenolic OH excluding ortho intramolecular Hbond substituents is 1. The maximum absolute atomic E-state index is 11.5. The number of benzene rings is 1. The molecule has 1 unspecified atom stereocenters. The van der Waals surface area contributed by atoms with Crippen LogP contribution in [0.4, 0.5) is 5.69 Å². The molecule has 0 aromatic heterocycles. The second-order valence-corrected chi connectivity index (χ2v) is 4.55. The standard InChI is InChI=1S/C11H15BrN2O2/c1-7(13)5-6-10(15)14-9-4-2-3-8(12)11(9)16/h2-4,7,16H,5-6,13H2,1H3,(H,14,15). The van der Waals surface area contributed by atoms with Crippen molar-refractivity contribution in [2.75, 3.05) is 5.32 Å². The van der Waals surface area contributed by atoms with Gasteiger partial charge < -0.3 is 16.2 Å². The number of nitrogens with one attached hydrogen (secondary N) is 1. The lowest BCUT2D eigenvalue weighted by Gasteiger charge is -2.09. The van der Waals surface area contributed by atoms with Gasteiger partial charge in [-0.1, -0.05) is 6.07 Å². The molecule has 1 amide bonds. The number of amides is 1. The van der Waals surface area contributed by atoms with Crippen LogP contribution in [0.5, 0.6) is 5.75 Å². The lowest BCUT2D eigenvalue weighted by atomic mass is 10.2. The zero-order valence-electron chi connectivity index (χ0n) is 9.03. The maximum Gasteiger partial charge on any atom is 0.224 e. The van der Waals surface area contributed by atoms with Crippen molar-refractivity contribution in [3.63, 3.8) is 0 Å². The van der Waals surface area contributed by atoms with E-state index < -0.39 is 0 Å². The number of anilines is 1. The normalized spacial score (nSPS) is 12.2. The summed E-state index contributed by atoms with van der Waals surface area (Å²) in [6.07, 6.45) is 0.976. The molecule has 1 atom stereocenters. The minimum Gasteiger partial charge on any atom is -0.505 e. The predicted octanol–water partition coefficient (Wildman–Crippen LogP) is 2.22. The van der Waals surface area contributed by atoms with Crippen LogP contribution >= 0.6 is 15.9 Å². The van der Waals surface area contributed by atoms with Gasteiger partial charge in [0.05, 0.1) is 10.2 Å². The zero-order chi connectivity index (χ0) is 12.1. The Labute approximate surface area is 103 Å². The van der Waals surface area contributed by atoms with E-state index in [1.54, 1.807) is 18.2 Å². The van der Waals surface area contributed by atoms with E-state index in [-0.39, 0.29) is 17.7 Å². The number of aromatic hydroxyl groups is 1. The number of carbonyl (C=O) groups is 1. The van der Waals surface area contributed by atoms with Gasteiger partial charge in [-0.25, -0.2) is 0 Å². The Hall–Kier alpha value is -1.07. The highest BCUT2D eigenvalue weighted by Gasteiger charge is 2.08. The van der Waals surface area contributed by atoms with Crippen molar-refractivity contribution in [3.8, 4) is 5.75 Å². The van der Waals surface area contributed by atoms with Gasteiger partial charge in [0.25, 0.3) is 0 Å². The van der Waals surface area contributed by atoms with E-state index in [9.17, 15) is 9.90 Å². The van der Waals surface area contributed by atoms with E-state index in [0.717, 1.165) is 0 Å². The lowest BCUT2D eigenvalue weighted by molar-refractivity contribution is -0.116. The Morgan fingerprint density at radius 1 is 1.62 bits per heavy atom. The molecule has 0 aliphatic carbocycles. The molecule has 0 aliphatic heterocycles. The summed E-state index contributed by atoms with van der Waals surface area (Å²) in [4.78, 5) is 11.5. The topological polar surface area (TPSA) is 75.4 Å². The van der Waals surface area contributed by atoms with E-state index in [1.807, 2.05) is 6.92 Å². The highest BCUT2D eigenvalue weighted by Crippen LogP contribution is 2.31. The summed E-state index contributed by atoms with van der Waals surface area (Å²) in [5.74, 6) is -0.109. The Kier molecular flexibility index (Phi) is 4.76. The van der Waals surface area contributed by atoms with Crippen molar-refractivity contribution in [2.45, 2.75) is 25.8 Å². The Morgan fingerprint density at radius 2 is 2.31 bits per heavy atom. The molecule has 0 radical (unpaired) electrons. The van der Waals surface area contributed by atoms with Crippen LogP contribution in [-0.2, 0) is 4.79 Å². The monoisotopic (exact) mass is 286 g/mol. The highest BCUT2D eigenvalue weighted by molar-refractivity contribution is 9.10. The molecule has 0 heterocycles. The van der Waals surface area contributed by atoms with Crippen LogP contribution in [0.25, 0.3) is 0 Å². The number of rotatable bonds is 4. The van der Waals surface area contributed by atoms with Crippen molar-refractivity contribution >= 4 is 27.5 Å². The van der Waals surface area contributed by atoms with Crippen molar-refractivity contribution in [3.05, 3.63) is 22.7 Å². The van der Waals surface area contributed by atoms with E-state index >= 15 is 0 Å². The van der Waals surface area contributed by atoms with Crippen LogP contribution in [0.15, 0.2) is 22.7 Å². The van der Waals surface area contributed by atoms with Gasteiger partial charge in [0.15, 0.2) is 5.75 Å². The van der Waals surface area contributed by atoms with Gasteiger partial charge in [-0.15, -0.1) is 0 Å². The fourth-order valence-electron chi connectivity index (χ4n) is 1.19. The number of nitrogens with two attached hydrogens (primary N) is 1. The molecule has 0 saturated carbocycles. The van der Waals surface area contributed by atoms with Crippen molar-refractivity contribution < 1.29 is 9.90 Å². The molecule has 88 valence electrons. The molecular formula is C11H15BrN2O2. The number of para-hydroxylation sites is 1. The van der Waals surface area contributed by atoms with Gasteiger partial charge in [-0.3, -0.25) is 4.79 Å². The third-order valence-corrected chi connectivity index (χ3v) is 2.73. The summed E-state index contributed by atoms with van der Waals surface area (Å²) in [7, 11) is 0. The van der Waals surface area contributed by atoms with Crippen LogP contribution in [-0.4, -0.2) is 17.1 Å². The molecule has 0 fully saturated rings. The zero-order valence-corrected chi connectivity index (χ0v) is 10.6. The summed E-state index contributed by atoms with van der Waals surface area (Å²) >= 11 is 3.18. The molecule has 5 heteroatoms. The fourth-order valence-corrected chi connectivity index (χ4v) is 1.55. The third-order valence-electron chi connectivity index (χ3n) is 2.09. The molecule has 0 saturated heterocycles. The fraction of sp³-hybridized carbons (Fsp3) is 0.364. The third kappa shape index (κ3) is 3.83. The molecule has 0 spiro atoms.